The smallest absolute Gasteiger partial charge is 0.308 e. The molecule has 394 valence electrons. The Morgan fingerprint density at radius 3 is 1.00 bits per heavy atom. The first-order chi connectivity index (χ1) is 41.7. The minimum atomic E-state index is -4.90. The zero-order valence-electron chi connectivity index (χ0n) is 44.2. The SMILES string of the molecule is [C-]#[N+]c1cc(C#N)cc(-c2ccc3c4ccc(-c5cc(C#N)cc([N+]#[C-])c5)cc4n(-c4cc(-c5cc([N+]#[C-])cc(C(F)(F)F)c5)c([N+]#[C-])cc4-n4c5cc(-c6cc(C#N)cc(C#N)c6)ccc5c5ccc(-c6cc([N+]#[C-])cc([N+]#[C-])c6)cc54)c3c2)c1. The molecular formula is C71H29F3N12. The first kappa shape index (κ1) is 53.1. The van der Waals surface area contributed by atoms with Crippen molar-refractivity contribution in [2.75, 3.05) is 0 Å². The Morgan fingerprint density at radius 2 is 0.640 bits per heavy atom. The van der Waals surface area contributed by atoms with Gasteiger partial charge in [-0.3, -0.25) is 0 Å². The van der Waals surface area contributed by atoms with Crippen LogP contribution in [0.1, 0.15) is 27.8 Å². The molecule has 10 aromatic carbocycles. The topological polar surface area (TPSA) is 131 Å². The van der Waals surface area contributed by atoms with Gasteiger partial charge in [0.25, 0.3) is 0 Å². The molecule has 12 rings (SSSR count). The lowest BCUT2D eigenvalue weighted by atomic mass is 9.98. The molecular weight excluding hydrogens is 1080 g/mol. The molecule has 12 aromatic rings. The van der Waals surface area contributed by atoms with Crippen LogP contribution in [0, 0.1) is 84.8 Å². The molecule has 0 saturated heterocycles. The van der Waals surface area contributed by atoms with Crippen molar-refractivity contribution in [1.82, 2.24) is 9.13 Å². The first-order valence-electron chi connectivity index (χ1n) is 25.8. The number of benzene rings is 10. The summed E-state index contributed by atoms with van der Waals surface area (Å²) in [5.41, 5.74) is 7.41. The van der Waals surface area contributed by atoms with Gasteiger partial charge in [-0.2, -0.15) is 34.2 Å². The molecule has 0 atom stereocenters. The van der Waals surface area contributed by atoms with Crippen molar-refractivity contribution in [3.8, 4) is 91.3 Å². The molecule has 0 saturated carbocycles. The lowest BCUT2D eigenvalue weighted by Crippen LogP contribution is -2.06. The monoisotopic (exact) mass is 1110 g/mol. The van der Waals surface area contributed by atoms with Gasteiger partial charge in [0, 0.05) is 38.2 Å². The molecule has 2 aromatic heterocycles. The van der Waals surface area contributed by atoms with Crippen molar-refractivity contribution >= 4 is 77.7 Å². The third kappa shape index (κ3) is 9.19. The van der Waals surface area contributed by atoms with Crippen LogP contribution in [0.25, 0.3) is 140 Å². The summed E-state index contributed by atoms with van der Waals surface area (Å²) in [6.07, 6.45) is -4.90. The molecule has 12 nitrogen and oxygen atoms in total. The number of nitriles is 4. The van der Waals surface area contributed by atoms with E-state index < -0.39 is 11.7 Å². The summed E-state index contributed by atoms with van der Waals surface area (Å²) in [5, 5.41) is 43.2. The van der Waals surface area contributed by atoms with Crippen molar-refractivity contribution in [3.63, 3.8) is 0 Å². The van der Waals surface area contributed by atoms with Crippen LogP contribution in [0.3, 0.4) is 0 Å². The molecule has 2 heterocycles. The number of hydrogen-bond donors (Lipinski definition) is 0. The van der Waals surface area contributed by atoms with Gasteiger partial charge in [0.1, 0.15) is 0 Å². The standard InChI is InChI=1S/C71H29F3N12/c1-79-54-20-42(38-77)18-49(23-54)45-8-12-59-60-13-9-46(50-19-43(39-78)21-55(24-50)80-2)30-66(60)85(65(59)29-45)69-34-63(52-22-53(71(72,73)74)32-56(27-52)81-3)64(84-6)35-70(69)86-67-28-44(48-16-40(36-75)15-41(17-48)37-76)7-11-61(67)62-14-10-47(31-68(62)86)51-25-57(82-4)33-58(26-51)83-5/h7-35H. The zero-order chi connectivity index (χ0) is 60.1. The number of rotatable bonds is 7. The van der Waals surface area contributed by atoms with Gasteiger partial charge in [0.15, 0.2) is 34.1 Å². The highest BCUT2D eigenvalue weighted by atomic mass is 19.4. The van der Waals surface area contributed by atoms with Crippen LogP contribution in [-0.2, 0) is 6.18 Å². The number of hydrogen-bond acceptors (Lipinski definition) is 4. The van der Waals surface area contributed by atoms with E-state index in [2.05, 4.69) is 53.3 Å². The van der Waals surface area contributed by atoms with Gasteiger partial charge in [-0.15, -0.1) is 0 Å². The van der Waals surface area contributed by atoms with Crippen molar-refractivity contribution in [2.45, 2.75) is 6.18 Å². The zero-order valence-corrected chi connectivity index (χ0v) is 44.2. The highest BCUT2D eigenvalue weighted by molar-refractivity contribution is 6.14. The Bertz CT molecular complexity index is 5100. The molecule has 0 spiro atoms. The lowest BCUT2D eigenvalue weighted by Gasteiger charge is -2.21. The van der Waals surface area contributed by atoms with Gasteiger partial charge in [-0.05, 0) is 165 Å². The van der Waals surface area contributed by atoms with E-state index in [1.54, 1.807) is 60.7 Å². The maximum atomic E-state index is 14.9. The molecule has 0 amide bonds. The fraction of sp³-hybridized carbons (Fsp3) is 0.0141. The predicted molar refractivity (Wildman–Crippen MR) is 324 cm³/mol. The molecule has 0 aliphatic rings. The molecule has 0 fully saturated rings. The molecule has 0 radical (unpaired) electrons. The second-order valence-electron chi connectivity index (χ2n) is 19.9. The molecule has 0 aliphatic heterocycles. The van der Waals surface area contributed by atoms with E-state index in [4.69, 9.17) is 39.4 Å². The Kier molecular flexibility index (Phi) is 12.9. The van der Waals surface area contributed by atoms with Crippen LogP contribution in [-0.4, -0.2) is 9.13 Å². The number of halogens is 3. The Morgan fingerprint density at radius 1 is 0.314 bits per heavy atom. The molecule has 0 aliphatic carbocycles. The number of aromatic nitrogens is 2. The minimum absolute atomic E-state index is 0.0334. The Balaban J connectivity index is 1.29. The van der Waals surface area contributed by atoms with Crippen LogP contribution in [0.15, 0.2) is 176 Å². The summed E-state index contributed by atoms with van der Waals surface area (Å²) in [7, 11) is 0. The Hall–Kier alpha value is -13.5. The summed E-state index contributed by atoms with van der Waals surface area (Å²) in [6, 6.07) is 56.4. The van der Waals surface area contributed by atoms with Crippen molar-refractivity contribution in [2.24, 2.45) is 0 Å². The third-order valence-corrected chi connectivity index (χ3v) is 15.0. The number of fused-ring (bicyclic) bond motifs is 6. The van der Waals surface area contributed by atoms with Crippen LogP contribution in [0.2, 0.25) is 0 Å². The van der Waals surface area contributed by atoms with Crippen LogP contribution < -0.4 is 0 Å². The van der Waals surface area contributed by atoms with E-state index in [1.165, 1.54) is 30.3 Å². The van der Waals surface area contributed by atoms with E-state index in [-0.39, 0.29) is 67.5 Å². The van der Waals surface area contributed by atoms with E-state index in [0.717, 1.165) is 12.1 Å². The quantitative estimate of drug-likeness (QED) is 0.147. The molecule has 0 bridgehead atoms. The number of alkyl halides is 3. The van der Waals surface area contributed by atoms with Crippen molar-refractivity contribution < 1.29 is 13.2 Å². The van der Waals surface area contributed by atoms with Crippen molar-refractivity contribution in [3.05, 3.63) is 272 Å². The number of nitrogens with zero attached hydrogens (tertiary/aromatic N) is 12. The second kappa shape index (κ2) is 20.9. The fourth-order valence-electron chi connectivity index (χ4n) is 11.1. The predicted octanol–water partition coefficient (Wildman–Crippen LogP) is 20.0. The van der Waals surface area contributed by atoms with Crippen LogP contribution in [0.4, 0.5) is 47.3 Å². The highest BCUT2D eigenvalue weighted by Crippen LogP contribution is 2.48. The van der Waals surface area contributed by atoms with E-state index in [0.29, 0.717) is 99.5 Å². The maximum absolute atomic E-state index is 14.9. The Labute approximate surface area is 488 Å². The highest BCUT2D eigenvalue weighted by Gasteiger charge is 2.32. The maximum Gasteiger partial charge on any atom is 0.415 e. The summed E-state index contributed by atoms with van der Waals surface area (Å²) >= 11 is 0. The largest absolute Gasteiger partial charge is 0.415 e. The summed E-state index contributed by atoms with van der Waals surface area (Å²) in [5.74, 6) is 0. The lowest BCUT2D eigenvalue weighted by molar-refractivity contribution is -0.137. The minimum Gasteiger partial charge on any atom is -0.308 e. The molecule has 0 unspecified atom stereocenters. The third-order valence-electron chi connectivity index (χ3n) is 15.0. The normalized spacial score (nSPS) is 10.8. The van der Waals surface area contributed by atoms with Gasteiger partial charge in [-0.25, -0.2) is 29.1 Å². The molecule has 15 heteroatoms. The first-order valence-corrected chi connectivity index (χ1v) is 25.8. The van der Waals surface area contributed by atoms with E-state index in [1.807, 2.05) is 81.9 Å². The molecule has 86 heavy (non-hydrogen) atoms. The summed E-state index contributed by atoms with van der Waals surface area (Å²) in [6.45, 7) is 48.3. The average Bonchev–Trinajstić information content (AvgIpc) is 1.67. The van der Waals surface area contributed by atoms with Crippen LogP contribution in [0.5, 0.6) is 0 Å². The van der Waals surface area contributed by atoms with Gasteiger partial charge in [0.05, 0.1) is 108 Å². The van der Waals surface area contributed by atoms with Gasteiger partial charge in [0.2, 0.25) is 0 Å². The molecule has 0 N–H and O–H groups in total. The van der Waals surface area contributed by atoms with E-state index in [9.17, 15) is 34.2 Å². The summed E-state index contributed by atoms with van der Waals surface area (Å²) < 4.78 is 48.5. The average molecular weight is 1110 g/mol. The van der Waals surface area contributed by atoms with E-state index >= 15 is 0 Å². The van der Waals surface area contributed by atoms with Crippen molar-refractivity contribution in [1.29, 1.82) is 21.0 Å². The fourth-order valence-corrected chi connectivity index (χ4v) is 11.1. The van der Waals surface area contributed by atoms with Gasteiger partial charge < -0.3 is 9.13 Å². The summed E-state index contributed by atoms with van der Waals surface area (Å²) in [4.78, 5) is 22.0. The van der Waals surface area contributed by atoms with Crippen LogP contribution >= 0.6 is 0 Å². The van der Waals surface area contributed by atoms with Gasteiger partial charge in [-0.1, -0.05) is 66.7 Å². The second-order valence-corrected chi connectivity index (χ2v) is 19.9. The van der Waals surface area contributed by atoms with Gasteiger partial charge >= 0.3 is 6.18 Å².